The zero-order chi connectivity index (χ0) is 15.6. The van der Waals surface area contributed by atoms with E-state index in [-0.39, 0.29) is 16.8 Å². The van der Waals surface area contributed by atoms with Crippen LogP contribution in [0.1, 0.15) is 26.7 Å². The number of nitrogens with one attached hydrogen (secondary N) is 2. The number of anilines is 1. The van der Waals surface area contributed by atoms with Crippen LogP contribution in [0, 0.1) is 5.92 Å². The van der Waals surface area contributed by atoms with Gasteiger partial charge in [-0.25, -0.2) is 13.1 Å². The summed E-state index contributed by atoms with van der Waals surface area (Å²) in [5.41, 5.74) is 0.340. The summed E-state index contributed by atoms with van der Waals surface area (Å²) >= 11 is 0. The van der Waals surface area contributed by atoms with Crippen LogP contribution in [0.25, 0.3) is 0 Å². The maximum absolute atomic E-state index is 12.3. The zero-order valence-corrected chi connectivity index (χ0v) is 13.2. The van der Waals surface area contributed by atoms with Crippen LogP contribution >= 0.6 is 0 Å². The summed E-state index contributed by atoms with van der Waals surface area (Å²) in [6.07, 6.45) is 2.12. The molecule has 21 heavy (non-hydrogen) atoms. The predicted molar refractivity (Wildman–Crippen MR) is 79.8 cm³/mol. The van der Waals surface area contributed by atoms with Gasteiger partial charge in [0, 0.05) is 13.0 Å². The minimum atomic E-state index is -3.60. The van der Waals surface area contributed by atoms with E-state index in [0.717, 1.165) is 12.8 Å². The number of amides is 1. The van der Waals surface area contributed by atoms with E-state index in [2.05, 4.69) is 10.0 Å². The molecule has 0 bridgehead atoms. The Morgan fingerprint density at radius 3 is 2.57 bits per heavy atom. The van der Waals surface area contributed by atoms with Crippen molar-refractivity contribution in [2.45, 2.75) is 37.6 Å². The molecule has 0 saturated heterocycles. The SMILES string of the molecule is COc1ccc(S(=O)(=O)N[C@H](C)C2CC2)cc1NC(C)=O. The largest absolute Gasteiger partial charge is 0.495 e. The first-order chi connectivity index (χ1) is 9.83. The van der Waals surface area contributed by atoms with Crippen molar-refractivity contribution in [2.24, 2.45) is 5.92 Å². The van der Waals surface area contributed by atoms with Crippen molar-refractivity contribution in [3.8, 4) is 5.75 Å². The standard InChI is InChI=1S/C14H20N2O4S/c1-9(11-4-5-11)16-21(18,19)12-6-7-14(20-3)13(8-12)15-10(2)17/h6-9,11,16H,4-5H2,1-3H3,(H,15,17)/t9-/m1/s1. The summed E-state index contributed by atoms with van der Waals surface area (Å²) < 4.78 is 32.5. The zero-order valence-electron chi connectivity index (χ0n) is 12.3. The molecule has 1 fully saturated rings. The molecule has 0 heterocycles. The Kier molecular flexibility index (Phi) is 4.53. The Balaban J connectivity index is 2.27. The number of rotatable bonds is 6. The second-order valence-corrected chi connectivity index (χ2v) is 7.00. The van der Waals surface area contributed by atoms with Crippen LogP contribution < -0.4 is 14.8 Å². The molecule has 1 saturated carbocycles. The fourth-order valence-corrected chi connectivity index (χ4v) is 3.48. The van der Waals surface area contributed by atoms with E-state index in [1.54, 1.807) is 0 Å². The molecule has 2 rings (SSSR count). The van der Waals surface area contributed by atoms with Gasteiger partial charge in [-0.3, -0.25) is 4.79 Å². The van der Waals surface area contributed by atoms with Gasteiger partial charge in [-0.05, 0) is 43.9 Å². The van der Waals surface area contributed by atoms with Crippen molar-refractivity contribution in [3.63, 3.8) is 0 Å². The van der Waals surface area contributed by atoms with E-state index in [0.29, 0.717) is 17.4 Å². The molecule has 1 atom stereocenters. The Morgan fingerprint density at radius 1 is 1.38 bits per heavy atom. The Labute approximate surface area is 124 Å². The molecule has 0 aromatic heterocycles. The molecule has 1 aliphatic carbocycles. The van der Waals surface area contributed by atoms with Gasteiger partial charge in [-0.1, -0.05) is 0 Å². The van der Waals surface area contributed by atoms with Crippen molar-refractivity contribution < 1.29 is 17.9 Å². The Hall–Kier alpha value is -1.60. The molecule has 1 amide bonds. The number of ether oxygens (including phenoxy) is 1. The summed E-state index contributed by atoms with van der Waals surface area (Å²) in [6, 6.07) is 4.32. The molecule has 116 valence electrons. The van der Waals surface area contributed by atoms with Gasteiger partial charge in [0.2, 0.25) is 15.9 Å². The molecule has 1 aliphatic rings. The van der Waals surface area contributed by atoms with E-state index in [1.165, 1.54) is 32.2 Å². The quantitative estimate of drug-likeness (QED) is 0.838. The second kappa shape index (κ2) is 6.03. The lowest BCUT2D eigenvalue weighted by molar-refractivity contribution is -0.114. The fraction of sp³-hybridized carbons (Fsp3) is 0.500. The number of carbonyl (C=O) groups is 1. The van der Waals surface area contributed by atoms with Crippen LogP contribution in [0.4, 0.5) is 5.69 Å². The van der Waals surface area contributed by atoms with Crippen LogP contribution in [0.2, 0.25) is 0 Å². The Bertz CT molecular complexity index is 638. The molecule has 1 aromatic rings. The highest BCUT2D eigenvalue weighted by Crippen LogP contribution is 2.33. The summed E-state index contributed by atoms with van der Waals surface area (Å²) in [7, 11) is -2.14. The molecule has 0 aliphatic heterocycles. The topological polar surface area (TPSA) is 84.5 Å². The summed E-state index contributed by atoms with van der Waals surface area (Å²) in [5, 5.41) is 2.57. The van der Waals surface area contributed by atoms with Crippen molar-refractivity contribution in [2.75, 3.05) is 12.4 Å². The smallest absolute Gasteiger partial charge is 0.240 e. The van der Waals surface area contributed by atoms with Gasteiger partial charge in [0.15, 0.2) is 0 Å². The average Bonchev–Trinajstić information content (AvgIpc) is 3.21. The van der Waals surface area contributed by atoms with Crippen molar-refractivity contribution in [1.82, 2.24) is 4.72 Å². The number of methoxy groups -OCH3 is 1. The van der Waals surface area contributed by atoms with E-state index in [4.69, 9.17) is 4.74 Å². The van der Waals surface area contributed by atoms with E-state index in [1.807, 2.05) is 6.92 Å². The van der Waals surface area contributed by atoms with Crippen LogP contribution in [0.3, 0.4) is 0 Å². The fourth-order valence-electron chi connectivity index (χ4n) is 2.15. The van der Waals surface area contributed by atoms with Gasteiger partial charge < -0.3 is 10.1 Å². The highest BCUT2D eigenvalue weighted by atomic mass is 32.2. The monoisotopic (exact) mass is 312 g/mol. The minimum absolute atomic E-state index is 0.0821. The molecule has 6 nitrogen and oxygen atoms in total. The first-order valence-corrected chi connectivity index (χ1v) is 8.30. The van der Waals surface area contributed by atoms with Crippen molar-refractivity contribution >= 4 is 21.6 Å². The van der Waals surface area contributed by atoms with Gasteiger partial charge in [0.25, 0.3) is 0 Å². The van der Waals surface area contributed by atoms with Crippen LogP contribution in [-0.4, -0.2) is 27.5 Å². The number of benzene rings is 1. The molecule has 2 N–H and O–H groups in total. The summed E-state index contributed by atoms with van der Waals surface area (Å²) in [4.78, 5) is 11.3. The third kappa shape index (κ3) is 3.95. The van der Waals surface area contributed by atoms with Crippen LogP contribution in [-0.2, 0) is 14.8 Å². The molecular formula is C14H20N2O4S. The first-order valence-electron chi connectivity index (χ1n) is 6.81. The van der Waals surface area contributed by atoms with E-state index < -0.39 is 10.0 Å². The maximum Gasteiger partial charge on any atom is 0.240 e. The minimum Gasteiger partial charge on any atom is -0.495 e. The highest BCUT2D eigenvalue weighted by Gasteiger charge is 2.31. The van der Waals surface area contributed by atoms with E-state index >= 15 is 0 Å². The lowest BCUT2D eigenvalue weighted by Gasteiger charge is -2.15. The normalized spacial score (nSPS) is 16.3. The van der Waals surface area contributed by atoms with Crippen LogP contribution in [0.15, 0.2) is 23.1 Å². The molecule has 0 spiro atoms. The lowest BCUT2D eigenvalue weighted by Crippen LogP contribution is -2.34. The molecule has 1 aromatic carbocycles. The lowest BCUT2D eigenvalue weighted by atomic mass is 10.2. The first kappa shape index (κ1) is 15.8. The predicted octanol–water partition coefficient (Wildman–Crippen LogP) is 1.73. The summed E-state index contributed by atoms with van der Waals surface area (Å²) in [5.74, 6) is 0.550. The van der Waals surface area contributed by atoms with Gasteiger partial charge in [0.1, 0.15) is 5.75 Å². The third-order valence-corrected chi connectivity index (χ3v) is 5.02. The molecule has 7 heteroatoms. The highest BCUT2D eigenvalue weighted by molar-refractivity contribution is 7.89. The average molecular weight is 312 g/mol. The molecule has 0 radical (unpaired) electrons. The maximum atomic E-state index is 12.3. The number of carbonyl (C=O) groups excluding carboxylic acids is 1. The van der Waals surface area contributed by atoms with Crippen LogP contribution in [0.5, 0.6) is 5.75 Å². The van der Waals surface area contributed by atoms with Gasteiger partial charge in [0.05, 0.1) is 17.7 Å². The van der Waals surface area contributed by atoms with Crippen molar-refractivity contribution in [1.29, 1.82) is 0 Å². The van der Waals surface area contributed by atoms with Gasteiger partial charge in [-0.15, -0.1) is 0 Å². The van der Waals surface area contributed by atoms with E-state index in [9.17, 15) is 13.2 Å². The molecule has 0 unspecified atom stereocenters. The van der Waals surface area contributed by atoms with Crippen molar-refractivity contribution in [3.05, 3.63) is 18.2 Å². The van der Waals surface area contributed by atoms with Gasteiger partial charge in [-0.2, -0.15) is 0 Å². The third-order valence-electron chi connectivity index (χ3n) is 3.46. The number of hydrogen-bond donors (Lipinski definition) is 2. The number of hydrogen-bond acceptors (Lipinski definition) is 4. The molecular weight excluding hydrogens is 292 g/mol. The Morgan fingerprint density at radius 2 is 2.05 bits per heavy atom. The van der Waals surface area contributed by atoms with Gasteiger partial charge >= 0.3 is 0 Å². The second-order valence-electron chi connectivity index (χ2n) is 5.29. The summed E-state index contributed by atoms with van der Waals surface area (Å²) in [6.45, 7) is 3.22. The number of sulfonamides is 1.